The molecule has 2 aliphatic rings. The molecule has 13 heavy (non-hydrogen) atoms. The van der Waals surface area contributed by atoms with E-state index in [2.05, 4.69) is 0 Å². The molecule has 1 aliphatic heterocycles. The van der Waals surface area contributed by atoms with Gasteiger partial charge >= 0.3 is 0 Å². The molecule has 1 aliphatic carbocycles. The summed E-state index contributed by atoms with van der Waals surface area (Å²) in [5, 5.41) is 0. The van der Waals surface area contributed by atoms with Crippen LogP contribution in [0.3, 0.4) is 0 Å². The van der Waals surface area contributed by atoms with Crippen molar-refractivity contribution in [1.29, 1.82) is 0 Å². The Morgan fingerprint density at radius 3 is 2.62 bits per heavy atom. The van der Waals surface area contributed by atoms with Gasteiger partial charge in [-0.3, -0.25) is 4.99 Å². The highest BCUT2D eigenvalue weighted by molar-refractivity contribution is 5.87. The summed E-state index contributed by atoms with van der Waals surface area (Å²) in [6.07, 6.45) is 12.7. The van der Waals surface area contributed by atoms with Crippen LogP contribution in [0.5, 0.6) is 0 Å². The van der Waals surface area contributed by atoms with E-state index in [-0.39, 0.29) is 0 Å². The maximum Gasteiger partial charge on any atom is 0.0389 e. The number of fused-ring (bicyclic) bond motifs is 1. The molecule has 74 valence electrons. The predicted octanol–water partition coefficient (Wildman–Crippen LogP) is 3.58. The van der Waals surface area contributed by atoms with E-state index in [0.29, 0.717) is 0 Å². The maximum absolute atomic E-state index is 4.71. The monoisotopic (exact) mass is 179 g/mol. The molecule has 0 aromatic carbocycles. The molecule has 2 rings (SSSR count). The van der Waals surface area contributed by atoms with Crippen molar-refractivity contribution in [1.82, 2.24) is 0 Å². The number of aliphatic imine (C=N–C) groups is 1. The summed E-state index contributed by atoms with van der Waals surface area (Å²) in [5.41, 5.74) is 1.58. The third-order valence-corrected chi connectivity index (χ3v) is 3.48. The minimum atomic E-state index is 0.881. The Hall–Kier alpha value is -0.330. The molecule has 0 amide bonds. The second kappa shape index (κ2) is 4.78. The fraction of sp³-hybridized carbons (Fsp3) is 0.917. The Morgan fingerprint density at radius 2 is 1.62 bits per heavy atom. The highest BCUT2D eigenvalue weighted by atomic mass is 14.8. The average molecular weight is 179 g/mol. The summed E-state index contributed by atoms with van der Waals surface area (Å²) in [7, 11) is 0. The van der Waals surface area contributed by atoms with Crippen molar-refractivity contribution in [3.8, 4) is 0 Å². The first-order valence-electron chi connectivity index (χ1n) is 6.00. The lowest BCUT2D eigenvalue weighted by Crippen LogP contribution is -2.19. The van der Waals surface area contributed by atoms with Gasteiger partial charge in [-0.05, 0) is 38.0 Å². The van der Waals surface area contributed by atoms with Gasteiger partial charge in [-0.2, -0.15) is 0 Å². The SMILES string of the molecule is C1CCCC2=NCCCC2CCC1. The van der Waals surface area contributed by atoms with Gasteiger partial charge in [0.25, 0.3) is 0 Å². The molecule has 1 unspecified atom stereocenters. The summed E-state index contributed by atoms with van der Waals surface area (Å²) in [6, 6.07) is 0. The van der Waals surface area contributed by atoms with E-state index in [1.807, 2.05) is 0 Å². The van der Waals surface area contributed by atoms with Crippen molar-refractivity contribution in [2.45, 2.75) is 57.8 Å². The number of hydrogen-bond donors (Lipinski definition) is 0. The molecule has 0 aromatic rings. The zero-order valence-corrected chi connectivity index (χ0v) is 8.60. The van der Waals surface area contributed by atoms with Gasteiger partial charge < -0.3 is 0 Å². The van der Waals surface area contributed by atoms with E-state index in [1.165, 1.54) is 57.8 Å². The quantitative estimate of drug-likeness (QED) is 0.539. The summed E-state index contributed by atoms with van der Waals surface area (Å²) in [4.78, 5) is 4.71. The lowest BCUT2D eigenvalue weighted by atomic mass is 9.88. The third-order valence-electron chi connectivity index (χ3n) is 3.48. The Bertz CT molecular complexity index is 184. The second-order valence-electron chi connectivity index (χ2n) is 4.52. The van der Waals surface area contributed by atoms with Gasteiger partial charge in [-0.1, -0.05) is 25.7 Å². The van der Waals surface area contributed by atoms with Gasteiger partial charge in [0.05, 0.1) is 0 Å². The van der Waals surface area contributed by atoms with Gasteiger partial charge in [-0.15, -0.1) is 0 Å². The fourth-order valence-electron chi connectivity index (χ4n) is 2.68. The van der Waals surface area contributed by atoms with Crippen molar-refractivity contribution < 1.29 is 0 Å². The van der Waals surface area contributed by atoms with E-state index in [1.54, 1.807) is 5.71 Å². The number of nitrogens with zero attached hydrogens (tertiary/aromatic N) is 1. The van der Waals surface area contributed by atoms with Gasteiger partial charge in [0.15, 0.2) is 0 Å². The molecule has 0 N–H and O–H groups in total. The van der Waals surface area contributed by atoms with E-state index >= 15 is 0 Å². The van der Waals surface area contributed by atoms with Crippen LogP contribution in [0.1, 0.15) is 57.8 Å². The summed E-state index contributed by atoms with van der Waals surface area (Å²) < 4.78 is 0. The van der Waals surface area contributed by atoms with Crippen LogP contribution < -0.4 is 0 Å². The summed E-state index contributed by atoms with van der Waals surface area (Å²) in [5.74, 6) is 0.881. The van der Waals surface area contributed by atoms with Crippen LogP contribution in [0.15, 0.2) is 4.99 Å². The Labute approximate surface area is 81.6 Å². The summed E-state index contributed by atoms with van der Waals surface area (Å²) in [6.45, 7) is 1.12. The molecular weight excluding hydrogens is 158 g/mol. The van der Waals surface area contributed by atoms with Crippen LogP contribution in [0, 0.1) is 5.92 Å². The first kappa shape index (κ1) is 9.23. The molecule has 1 heterocycles. The Balaban J connectivity index is 1.98. The maximum atomic E-state index is 4.71. The average Bonchev–Trinajstić information content (AvgIpc) is 2.28. The number of rotatable bonds is 0. The van der Waals surface area contributed by atoms with E-state index < -0.39 is 0 Å². The van der Waals surface area contributed by atoms with Crippen LogP contribution >= 0.6 is 0 Å². The topological polar surface area (TPSA) is 12.4 Å². The number of hydrogen-bond acceptors (Lipinski definition) is 1. The van der Waals surface area contributed by atoms with Gasteiger partial charge in [0.1, 0.15) is 0 Å². The van der Waals surface area contributed by atoms with Gasteiger partial charge in [0.2, 0.25) is 0 Å². The lowest BCUT2D eigenvalue weighted by molar-refractivity contribution is 0.499. The van der Waals surface area contributed by atoms with Crippen molar-refractivity contribution in [3.63, 3.8) is 0 Å². The molecule has 1 fully saturated rings. The van der Waals surface area contributed by atoms with Gasteiger partial charge in [0, 0.05) is 12.3 Å². The molecule has 1 saturated carbocycles. The third kappa shape index (κ3) is 2.55. The second-order valence-corrected chi connectivity index (χ2v) is 4.52. The highest BCUT2D eigenvalue weighted by Crippen LogP contribution is 2.26. The first-order valence-corrected chi connectivity index (χ1v) is 6.00. The zero-order valence-electron chi connectivity index (χ0n) is 8.60. The fourth-order valence-corrected chi connectivity index (χ4v) is 2.68. The minimum absolute atomic E-state index is 0.881. The molecule has 0 radical (unpaired) electrons. The molecule has 0 spiro atoms. The van der Waals surface area contributed by atoms with Crippen molar-refractivity contribution in [2.75, 3.05) is 6.54 Å². The van der Waals surface area contributed by atoms with Crippen molar-refractivity contribution in [2.24, 2.45) is 10.9 Å². The molecule has 1 heteroatoms. The molecule has 0 aromatic heterocycles. The normalized spacial score (nSPS) is 30.8. The molecular formula is C12H21N. The van der Waals surface area contributed by atoms with Crippen LogP contribution in [-0.2, 0) is 0 Å². The summed E-state index contributed by atoms with van der Waals surface area (Å²) >= 11 is 0. The van der Waals surface area contributed by atoms with Crippen LogP contribution in [-0.4, -0.2) is 12.3 Å². The highest BCUT2D eigenvalue weighted by Gasteiger charge is 2.19. The molecule has 1 nitrogen and oxygen atoms in total. The van der Waals surface area contributed by atoms with E-state index in [4.69, 9.17) is 4.99 Å². The molecule has 0 bridgehead atoms. The van der Waals surface area contributed by atoms with Crippen LogP contribution in [0.25, 0.3) is 0 Å². The standard InChI is InChI=1S/C12H21N/c1-2-4-7-11-8-6-10-13-12(11)9-5-3-1/h11H,1-10H2. The van der Waals surface area contributed by atoms with Crippen molar-refractivity contribution in [3.05, 3.63) is 0 Å². The van der Waals surface area contributed by atoms with Crippen LogP contribution in [0.2, 0.25) is 0 Å². The largest absolute Gasteiger partial charge is 0.294 e. The molecule has 0 saturated heterocycles. The van der Waals surface area contributed by atoms with Crippen LogP contribution in [0.4, 0.5) is 0 Å². The zero-order chi connectivity index (χ0) is 8.93. The lowest BCUT2D eigenvalue weighted by Gasteiger charge is -2.22. The Morgan fingerprint density at radius 1 is 0.846 bits per heavy atom. The minimum Gasteiger partial charge on any atom is -0.294 e. The van der Waals surface area contributed by atoms with E-state index in [9.17, 15) is 0 Å². The van der Waals surface area contributed by atoms with Crippen molar-refractivity contribution >= 4 is 5.71 Å². The van der Waals surface area contributed by atoms with E-state index in [0.717, 1.165) is 12.5 Å². The van der Waals surface area contributed by atoms with Gasteiger partial charge in [-0.25, -0.2) is 0 Å². The molecule has 1 atom stereocenters. The first-order chi connectivity index (χ1) is 6.47. The predicted molar refractivity (Wildman–Crippen MR) is 57.3 cm³/mol. The Kier molecular flexibility index (Phi) is 3.40. The smallest absolute Gasteiger partial charge is 0.0389 e.